The van der Waals surface area contributed by atoms with Crippen molar-refractivity contribution in [3.05, 3.63) is 45.6 Å². The lowest BCUT2D eigenvalue weighted by Crippen LogP contribution is -2.25. The molecule has 0 bridgehead atoms. The Morgan fingerprint density at radius 1 is 1.53 bits per heavy atom. The number of ether oxygens (including phenoxy) is 1. The van der Waals surface area contributed by atoms with Crippen LogP contribution in [-0.4, -0.2) is 28.2 Å². The number of hydrogen-bond donors (Lipinski definition) is 3. The van der Waals surface area contributed by atoms with Gasteiger partial charge in [-0.05, 0) is 6.92 Å². The monoisotopic (exact) mass is 262 g/mol. The molecule has 100 valence electrons. The van der Waals surface area contributed by atoms with Crippen LogP contribution < -0.4 is 15.5 Å². The molecule has 0 radical (unpaired) electrons. The van der Waals surface area contributed by atoms with Gasteiger partial charge in [0.15, 0.2) is 5.75 Å². The third-order valence-corrected chi connectivity index (χ3v) is 2.72. The summed E-state index contributed by atoms with van der Waals surface area (Å²) in [6.07, 6.45) is 3.01. The van der Waals surface area contributed by atoms with E-state index in [9.17, 15) is 9.59 Å². The molecule has 0 aliphatic carbocycles. The highest BCUT2D eigenvalue weighted by Crippen LogP contribution is 2.03. The lowest BCUT2D eigenvalue weighted by atomic mass is 10.2. The fourth-order valence-corrected chi connectivity index (χ4v) is 1.57. The van der Waals surface area contributed by atoms with Gasteiger partial charge in [0.1, 0.15) is 5.69 Å². The summed E-state index contributed by atoms with van der Waals surface area (Å²) in [6, 6.07) is 1.20. The zero-order chi connectivity index (χ0) is 13.8. The van der Waals surface area contributed by atoms with Crippen LogP contribution in [0.3, 0.4) is 0 Å². The van der Waals surface area contributed by atoms with Crippen LogP contribution in [0, 0.1) is 6.92 Å². The minimum Gasteiger partial charge on any atom is -0.491 e. The van der Waals surface area contributed by atoms with Crippen molar-refractivity contribution in [2.75, 3.05) is 7.11 Å². The summed E-state index contributed by atoms with van der Waals surface area (Å²) in [7, 11) is 1.39. The molecule has 2 aromatic rings. The maximum Gasteiger partial charge on any atom is 0.268 e. The van der Waals surface area contributed by atoms with Gasteiger partial charge in [0.2, 0.25) is 5.43 Å². The minimum absolute atomic E-state index is 0.169. The van der Waals surface area contributed by atoms with Gasteiger partial charge in [-0.1, -0.05) is 0 Å². The second-order valence-corrected chi connectivity index (χ2v) is 3.98. The van der Waals surface area contributed by atoms with Gasteiger partial charge in [-0.25, -0.2) is 0 Å². The van der Waals surface area contributed by atoms with Gasteiger partial charge in [0, 0.05) is 30.1 Å². The molecule has 0 spiro atoms. The zero-order valence-electron chi connectivity index (χ0n) is 10.6. The average Bonchev–Trinajstić information content (AvgIpc) is 2.81. The van der Waals surface area contributed by atoms with Gasteiger partial charge < -0.3 is 15.0 Å². The van der Waals surface area contributed by atoms with Crippen molar-refractivity contribution in [3.63, 3.8) is 0 Å². The molecule has 0 saturated heterocycles. The van der Waals surface area contributed by atoms with E-state index in [1.54, 1.807) is 6.20 Å². The fraction of sp³-hybridized carbons (Fsp3) is 0.250. The normalized spacial score (nSPS) is 10.2. The van der Waals surface area contributed by atoms with E-state index < -0.39 is 0 Å². The number of methoxy groups -OCH3 is 1. The molecule has 0 aromatic carbocycles. The second kappa shape index (κ2) is 5.38. The van der Waals surface area contributed by atoms with E-state index in [0.717, 1.165) is 11.3 Å². The summed E-state index contributed by atoms with van der Waals surface area (Å²) in [6.45, 7) is 2.21. The summed E-state index contributed by atoms with van der Waals surface area (Å²) < 4.78 is 4.83. The average molecular weight is 262 g/mol. The molecule has 19 heavy (non-hydrogen) atoms. The van der Waals surface area contributed by atoms with E-state index in [1.807, 2.05) is 6.92 Å². The molecule has 0 aliphatic rings. The number of carbonyl (C=O) groups excluding carboxylic acids is 1. The standard InChI is InChI=1S/C12H14N4O3/c1-7-8(5-15-16-7)4-14-12(18)9-3-10(17)11(19-2)6-13-9/h3,5-6H,4H2,1-2H3,(H,13,17)(H,14,18)(H,15,16). The van der Waals surface area contributed by atoms with Crippen LogP contribution in [0.1, 0.15) is 21.7 Å². The third kappa shape index (κ3) is 2.82. The Labute approximate surface area is 109 Å². The van der Waals surface area contributed by atoms with E-state index in [0.29, 0.717) is 6.54 Å². The number of pyridine rings is 1. The van der Waals surface area contributed by atoms with E-state index in [1.165, 1.54) is 19.4 Å². The molecule has 0 aliphatic heterocycles. The van der Waals surface area contributed by atoms with Crippen molar-refractivity contribution in [2.24, 2.45) is 0 Å². The van der Waals surface area contributed by atoms with Crippen molar-refractivity contribution in [3.8, 4) is 5.75 Å². The summed E-state index contributed by atoms with van der Waals surface area (Å²) in [5.74, 6) is -0.192. The van der Waals surface area contributed by atoms with Crippen molar-refractivity contribution >= 4 is 5.91 Å². The molecule has 2 rings (SSSR count). The molecule has 0 atom stereocenters. The van der Waals surface area contributed by atoms with Gasteiger partial charge in [-0.3, -0.25) is 14.7 Å². The van der Waals surface area contributed by atoms with Crippen LogP contribution in [0.4, 0.5) is 0 Å². The van der Waals surface area contributed by atoms with Crippen LogP contribution in [0.5, 0.6) is 5.75 Å². The van der Waals surface area contributed by atoms with Crippen molar-refractivity contribution in [1.82, 2.24) is 20.5 Å². The Hall–Kier alpha value is -2.57. The first-order valence-corrected chi connectivity index (χ1v) is 5.65. The Bertz CT molecular complexity index is 644. The number of H-pyrrole nitrogens is 2. The molecular weight excluding hydrogens is 248 g/mol. The Morgan fingerprint density at radius 3 is 2.89 bits per heavy atom. The van der Waals surface area contributed by atoms with E-state index in [2.05, 4.69) is 20.5 Å². The first-order chi connectivity index (χ1) is 9.11. The zero-order valence-corrected chi connectivity index (χ0v) is 10.6. The summed E-state index contributed by atoms with van der Waals surface area (Å²) >= 11 is 0. The van der Waals surface area contributed by atoms with Gasteiger partial charge in [0.05, 0.1) is 13.3 Å². The lowest BCUT2D eigenvalue weighted by molar-refractivity contribution is 0.0945. The molecule has 2 aromatic heterocycles. The third-order valence-electron chi connectivity index (χ3n) is 2.72. The van der Waals surface area contributed by atoms with Crippen LogP contribution in [0.15, 0.2) is 23.3 Å². The Morgan fingerprint density at radius 2 is 2.32 bits per heavy atom. The predicted molar refractivity (Wildman–Crippen MR) is 68.1 cm³/mol. The Balaban J connectivity index is 2.06. The summed E-state index contributed by atoms with van der Waals surface area (Å²) in [4.78, 5) is 26.1. The maximum atomic E-state index is 11.9. The molecule has 0 saturated carbocycles. The van der Waals surface area contributed by atoms with Crippen LogP contribution in [0.2, 0.25) is 0 Å². The molecular formula is C12H14N4O3. The van der Waals surface area contributed by atoms with Gasteiger partial charge >= 0.3 is 0 Å². The molecule has 7 heteroatoms. The fourth-order valence-electron chi connectivity index (χ4n) is 1.57. The number of aromatic amines is 2. The van der Waals surface area contributed by atoms with Gasteiger partial charge in [-0.15, -0.1) is 0 Å². The smallest absolute Gasteiger partial charge is 0.268 e. The number of aromatic nitrogens is 3. The first-order valence-electron chi connectivity index (χ1n) is 5.65. The molecule has 0 fully saturated rings. The number of aryl methyl sites for hydroxylation is 1. The van der Waals surface area contributed by atoms with Crippen LogP contribution >= 0.6 is 0 Å². The molecule has 3 N–H and O–H groups in total. The molecule has 2 heterocycles. The second-order valence-electron chi connectivity index (χ2n) is 3.98. The number of amides is 1. The van der Waals surface area contributed by atoms with Gasteiger partial charge in [0.25, 0.3) is 5.91 Å². The Kier molecular flexibility index (Phi) is 3.65. The van der Waals surface area contributed by atoms with Crippen molar-refractivity contribution in [1.29, 1.82) is 0 Å². The highest BCUT2D eigenvalue weighted by molar-refractivity contribution is 5.92. The van der Waals surface area contributed by atoms with Crippen molar-refractivity contribution < 1.29 is 9.53 Å². The number of carbonyl (C=O) groups is 1. The highest BCUT2D eigenvalue weighted by atomic mass is 16.5. The first kappa shape index (κ1) is 12.9. The molecule has 1 amide bonds. The number of nitrogens with one attached hydrogen (secondary N) is 3. The van der Waals surface area contributed by atoms with E-state index in [4.69, 9.17) is 4.74 Å². The van der Waals surface area contributed by atoms with E-state index >= 15 is 0 Å². The SMILES string of the molecule is COc1c[nH]c(C(=O)NCc2cn[nH]c2C)cc1=O. The molecule has 7 nitrogen and oxygen atoms in total. The largest absolute Gasteiger partial charge is 0.491 e. The number of nitrogens with zero attached hydrogens (tertiary/aromatic N) is 1. The number of hydrogen-bond acceptors (Lipinski definition) is 4. The van der Waals surface area contributed by atoms with Crippen LogP contribution in [0.25, 0.3) is 0 Å². The minimum atomic E-state index is -0.361. The quantitative estimate of drug-likeness (QED) is 0.740. The van der Waals surface area contributed by atoms with Crippen molar-refractivity contribution in [2.45, 2.75) is 13.5 Å². The predicted octanol–water partition coefficient (Wildman–Crippen LogP) is 0.345. The topological polar surface area (TPSA) is 99.9 Å². The van der Waals surface area contributed by atoms with Crippen LogP contribution in [-0.2, 0) is 6.54 Å². The van der Waals surface area contributed by atoms with Gasteiger partial charge in [-0.2, -0.15) is 5.10 Å². The lowest BCUT2D eigenvalue weighted by Gasteiger charge is -2.05. The summed E-state index contributed by atoms with van der Waals surface area (Å²) in [5.41, 5.74) is 1.63. The maximum absolute atomic E-state index is 11.9. The summed E-state index contributed by atoms with van der Waals surface area (Å²) in [5, 5.41) is 9.34. The van der Waals surface area contributed by atoms with E-state index in [-0.39, 0.29) is 22.8 Å². The highest BCUT2D eigenvalue weighted by Gasteiger charge is 2.09. The molecule has 0 unspecified atom stereocenters. The number of rotatable bonds is 4.